The van der Waals surface area contributed by atoms with Gasteiger partial charge in [-0.2, -0.15) is 0 Å². The standard InChI is InChI=1S/C21H20N2O4/c1-14-16(20(24)26-2)10-6-11-17(14)22-21(25)23-19(18-12-7-13-27-18)15-8-4-3-5-9-15/h3-13,19H,1-2H3,(H2,22,23,25). The third kappa shape index (κ3) is 4.17. The molecule has 0 aliphatic carbocycles. The number of hydrogen-bond acceptors (Lipinski definition) is 4. The van der Waals surface area contributed by atoms with Crippen molar-refractivity contribution in [3.63, 3.8) is 0 Å². The summed E-state index contributed by atoms with van der Waals surface area (Å²) in [5.74, 6) is 0.172. The molecular weight excluding hydrogens is 344 g/mol. The van der Waals surface area contributed by atoms with Crippen molar-refractivity contribution in [2.24, 2.45) is 0 Å². The number of carbonyl (C=O) groups excluding carboxylic acids is 2. The number of ether oxygens (including phenoxy) is 1. The maximum Gasteiger partial charge on any atom is 0.338 e. The van der Waals surface area contributed by atoms with Crippen molar-refractivity contribution in [3.05, 3.63) is 89.4 Å². The Balaban J connectivity index is 1.81. The number of esters is 1. The normalized spacial score (nSPS) is 11.5. The molecule has 0 aliphatic heterocycles. The molecule has 2 aromatic carbocycles. The number of furan rings is 1. The molecule has 0 radical (unpaired) electrons. The summed E-state index contributed by atoms with van der Waals surface area (Å²) < 4.78 is 10.3. The Hall–Kier alpha value is -3.54. The van der Waals surface area contributed by atoms with Crippen LogP contribution in [-0.4, -0.2) is 19.1 Å². The highest BCUT2D eigenvalue weighted by Crippen LogP contribution is 2.23. The molecule has 3 aromatic rings. The van der Waals surface area contributed by atoms with Crippen molar-refractivity contribution in [1.82, 2.24) is 5.32 Å². The molecule has 0 aliphatic rings. The van der Waals surface area contributed by atoms with Crippen LogP contribution in [0.1, 0.15) is 33.3 Å². The fourth-order valence-corrected chi connectivity index (χ4v) is 2.81. The topological polar surface area (TPSA) is 80.6 Å². The van der Waals surface area contributed by atoms with Crippen molar-refractivity contribution in [2.45, 2.75) is 13.0 Å². The van der Waals surface area contributed by atoms with Gasteiger partial charge in [0.05, 0.1) is 18.9 Å². The summed E-state index contributed by atoms with van der Waals surface area (Å²) in [5.41, 5.74) is 2.46. The highest BCUT2D eigenvalue weighted by molar-refractivity contribution is 5.96. The summed E-state index contributed by atoms with van der Waals surface area (Å²) in [7, 11) is 1.32. The third-order valence-electron chi connectivity index (χ3n) is 4.22. The number of nitrogens with one attached hydrogen (secondary N) is 2. The molecule has 0 saturated heterocycles. The van der Waals surface area contributed by atoms with Crippen molar-refractivity contribution in [3.8, 4) is 0 Å². The van der Waals surface area contributed by atoms with Gasteiger partial charge < -0.3 is 19.8 Å². The van der Waals surface area contributed by atoms with Gasteiger partial charge >= 0.3 is 12.0 Å². The first-order valence-corrected chi connectivity index (χ1v) is 8.44. The minimum Gasteiger partial charge on any atom is -0.467 e. The number of anilines is 1. The molecule has 6 nitrogen and oxygen atoms in total. The lowest BCUT2D eigenvalue weighted by atomic mass is 10.0. The highest BCUT2D eigenvalue weighted by atomic mass is 16.5. The van der Waals surface area contributed by atoms with E-state index in [9.17, 15) is 9.59 Å². The van der Waals surface area contributed by atoms with Crippen LogP contribution in [0.15, 0.2) is 71.3 Å². The SMILES string of the molecule is COC(=O)c1cccc(NC(=O)NC(c2ccccc2)c2ccco2)c1C. The molecule has 1 heterocycles. The summed E-state index contributed by atoms with van der Waals surface area (Å²) >= 11 is 0. The first-order valence-electron chi connectivity index (χ1n) is 8.44. The van der Waals surface area contributed by atoms with Gasteiger partial charge in [-0.05, 0) is 42.3 Å². The minimum atomic E-state index is -0.450. The van der Waals surface area contributed by atoms with Gasteiger partial charge in [0.2, 0.25) is 0 Å². The second-order valence-electron chi connectivity index (χ2n) is 5.93. The summed E-state index contributed by atoms with van der Waals surface area (Å²) in [5, 5.41) is 5.71. The van der Waals surface area contributed by atoms with Crippen molar-refractivity contribution in [2.75, 3.05) is 12.4 Å². The van der Waals surface area contributed by atoms with E-state index in [1.807, 2.05) is 30.3 Å². The van der Waals surface area contributed by atoms with Gasteiger partial charge in [-0.25, -0.2) is 9.59 Å². The fourth-order valence-electron chi connectivity index (χ4n) is 2.81. The molecule has 0 spiro atoms. The zero-order valence-electron chi connectivity index (χ0n) is 15.1. The Morgan fingerprint density at radius 2 is 1.78 bits per heavy atom. The quantitative estimate of drug-likeness (QED) is 0.662. The molecule has 0 fully saturated rings. The highest BCUT2D eigenvalue weighted by Gasteiger charge is 2.20. The number of urea groups is 1. The van der Waals surface area contributed by atoms with E-state index < -0.39 is 18.0 Å². The van der Waals surface area contributed by atoms with E-state index in [0.717, 1.165) is 5.56 Å². The van der Waals surface area contributed by atoms with Gasteiger partial charge in [-0.1, -0.05) is 36.4 Å². The molecule has 1 atom stereocenters. The molecule has 0 bridgehead atoms. The van der Waals surface area contributed by atoms with E-state index >= 15 is 0 Å². The first-order chi connectivity index (χ1) is 13.1. The van der Waals surface area contributed by atoms with Crippen LogP contribution in [-0.2, 0) is 4.74 Å². The fraction of sp³-hybridized carbons (Fsp3) is 0.143. The van der Waals surface area contributed by atoms with Crippen LogP contribution in [0, 0.1) is 6.92 Å². The van der Waals surface area contributed by atoms with Crippen molar-refractivity contribution >= 4 is 17.7 Å². The maximum atomic E-state index is 12.6. The first kappa shape index (κ1) is 18.3. The second-order valence-corrected chi connectivity index (χ2v) is 5.93. The number of methoxy groups -OCH3 is 1. The molecule has 138 valence electrons. The van der Waals surface area contributed by atoms with Gasteiger partial charge in [0.25, 0.3) is 0 Å². The largest absolute Gasteiger partial charge is 0.467 e. The summed E-state index contributed by atoms with van der Waals surface area (Å²) in [6.07, 6.45) is 1.56. The van der Waals surface area contributed by atoms with E-state index in [1.165, 1.54) is 7.11 Å². The van der Waals surface area contributed by atoms with Crippen LogP contribution in [0.5, 0.6) is 0 Å². The summed E-state index contributed by atoms with van der Waals surface area (Å²) in [6.45, 7) is 1.75. The Morgan fingerprint density at radius 3 is 2.44 bits per heavy atom. The Morgan fingerprint density at radius 1 is 1.00 bits per heavy atom. The Labute approximate surface area is 157 Å². The van der Waals surface area contributed by atoms with Crippen LogP contribution in [0.4, 0.5) is 10.5 Å². The van der Waals surface area contributed by atoms with Gasteiger partial charge in [0.15, 0.2) is 0 Å². The van der Waals surface area contributed by atoms with Gasteiger partial charge in [0, 0.05) is 5.69 Å². The lowest BCUT2D eigenvalue weighted by Gasteiger charge is -2.18. The maximum absolute atomic E-state index is 12.6. The van der Waals surface area contributed by atoms with E-state index in [1.54, 1.807) is 43.5 Å². The molecule has 1 unspecified atom stereocenters. The van der Waals surface area contributed by atoms with Gasteiger partial charge in [0.1, 0.15) is 11.8 Å². The van der Waals surface area contributed by atoms with Gasteiger partial charge in [-0.3, -0.25) is 0 Å². The summed E-state index contributed by atoms with van der Waals surface area (Å²) in [6, 6.07) is 17.3. The molecule has 3 rings (SSSR count). The molecule has 6 heteroatoms. The lowest BCUT2D eigenvalue weighted by Crippen LogP contribution is -2.33. The summed E-state index contributed by atoms with van der Waals surface area (Å²) in [4.78, 5) is 24.4. The minimum absolute atomic E-state index is 0.404. The van der Waals surface area contributed by atoms with Crippen LogP contribution in [0.2, 0.25) is 0 Å². The molecule has 27 heavy (non-hydrogen) atoms. The zero-order chi connectivity index (χ0) is 19.2. The number of amides is 2. The van der Waals surface area contributed by atoms with E-state index in [4.69, 9.17) is 9.15 Å². The Bertz CT molecular complexity index is 921. The predicted octanol–water partition coefficient (Wildman–Crippen LogP) is 4.29. The van der Waals surface area contributed by atoms with Gasteiger partial charge in [-0.15, -0.1) is 0 Å². The molecule has 2 N–H and O–H groups in total. The zero-order valence-corrected chi connectivity index (χ0v) is 15.1. The van der Waals surface area contributed by atoms with Crippen LogP contribution in [0.3, 0.4) is 0 Å². The monoisotopic (exact) mass is 364 g/mol. The molecule has 2 amide bonds. The number of carbonyl (C=O) groups is 2. The van der Waals surface area contributed by atoms with E-state index in [2.05, 4.69) is 10.6 Å². The Kier molecular flexibility index (Phi) is 5.56. The molecule has 0 saturated carbocycles. The average molecular weight is 364 g/mol. The average Bonchev–Trinajstić information content (AvgIpc) is 3.22. The predicted molar refractivity (Wildman–Crippen MR) is 102 cm³/mol. The number of rotatable bonds is 5. The molecule has 1 aromatic heterocycles. The second kappa shape index (κ2) is 8.23. The van der Waals surface area contributed by atoms with Crippen LogP contribution < -0.4 is 10.6 Å². The molecular formula is C21H20N2O4. The number of benzene rings is 2. The number of hydrogen-bond donors (Lipinski definition) is 2. The van der Waals surface area contributed by atoms with Crippen molar-refractivity contribution < 1.29 is 18.7 Å². The lowest BCUT2D eigenvalue weighted by molar-refractivity contribution is 0.0600. The van der Waals surface area contributed by atoms with Crippen LogP contribution in [0.25, 0.3) is 0 Å². The van der Waals surface area contributed by atoms with E-state index in [-0.39, 0.29) is 0 Å². The van der Waals surface area contributed by atoms with Crippen LogP contribution >= 0.6 is 0 Å². The van der Waals surface area contributed by atoms with E-state index in [0.29, 0.717) is 22.6 Å². The smallest absolute Gasteiger partial charge is 0.338 e. The third-order valence-corrected chi connectivity index (χ3v) is 4.22. The van der Waals surface area contributed by atoms with Crippen molar-refractivity contribution in [1.29, 1.82) is 0 Å².